The van der Waals surface area contributed by atoms with Crippen LogP contribution in [0.15, 0.2) is 51.4 Å². The number of carbonyl (C=O) groups is 1. The van der Waals surface area contributed by atoms with Gasteiger partial charge in [-0.3, -0.25) is 0 Å². The van der Waals surface area contributed by atoms with Crippen molar-refractivity contribution in [3.05, 3.63) is 62.5 Å². The van der Waals surface area contributed by atoms with E-state index in [0.717, 1.165) is 20.6 Å². The molecular weight excluding hydrogens is 400 g/mol. The van der Waals surface area contributed by atoms with Gasteiger partial charge in [0, 0.05) is 20.6 Å². The van der Waals surface area contributed by atoms with Gasteiger partial charge < -0.3 is 9.84 Å². The van der Waals surface area contributed by atoms with Crippen LogP contribution in [0.4, 0.5) is 0 Å². The molecule has 0 aromatic heterocycles. The maximum atomic E-state index is 10.7. The fourth-order valence-corrected chi connectivity index (χ4v) is 2.38. The van der Waals surface area contributed by atoms with Crippen LogP contribution in [-0.4, -0.2) is 11.1 Å². The minimum Gasteiger partial charge on any atom is -0.478 e. The van der Waals surface area contributed by atoms with Gasteiger partial charge in [-0.2, -0.15) is 0 Å². The highest BCUT2D eigenvalue weighted by Gasteiger charge is 2.07. The molecule has 0 aliphatic heterocycles. The van der Waals surface area contributed by atoms with Crippen molar-refractivity contribution in [1.82, 2.24) is 0 Å². The van der Waals surface area contributed by atoms with E-state index in [1.807, 2.05) is 37.3 Å². The fraction of sp³-hybridized carbons (Fsp3) is 0.0625. The van der Waals surface area contributed by atoms with E-state index in [2.05, 4.69) is 31.9 Å². The second-order valence-corrected chi connectivity index (χ2v) is 6.20. The van der Waals surface area contributed by atoms with Gasteiger partial charge in [-0.05, 0) is 42.8 Å². The molecule has 3 nitrogen and oxygen atoms in total. The average molecular weight is 412 g/mol. The number of rotatable bonds is 4. The highest BCUT2D eigenvalue weighted by atomic mass is 79.9. The number of carboxylic acid groups (broad SMARTS) is 1. The molecular formula is C16H12Br2O3. The number of aliphatic carboxylic acids is 1. The summed E-state index contributed by atoms with van der Waals surface area (Å²) in [5, 5.41) is 8.75. The molecule has 0 bridgehead atoms. The predicted molar refractivity (Wildman–Crippen MR) is 89.8 cm³/mol. The molecule has 0 aliphatic carbocycles. The molecule has 108 valence electrons. The lowest BCUT2D eigenvalue weighted by Gasteiger charge is -2.12. The van der Waals surface area contributed by atoms with Crippen LogP contribution in [-0.2, 0) is 4.79 Å². The predicted octanol–water partition coefficient (Wildman–Crippen LogP) is 5.41. The molecule has 0 unspecified atom stereocenters. The van der Waals surface area contributed by atoms with Crippen LogP contribution >= 0.6 is 31.9 Å². The van der Waals surface area contributed by atoms with Crippen LogP contribution in [0.3, 0.4) is 0 Å². The second kappa shape index (κ2) is 6.91. The highest BCUT2D eigenvalue weighted by Crippen LogP contribution is 2.32. The van der Waals surface area contributed by atoms with Crippen LogP contribution in [0.25, 0.3) is 6.08 Å². The summed E-state index contributed by atoms with van der Waals surface area (Å²) in [7, 11) is 0. The van der Waals surface area contributed by atoms with Gasteiger partial charge in [0.25, 0.3) is 0 Å². The molecule has 0 spiro atoms. The maximum absolute atomic E-state index is 10.7. The van der Waals surface area contributed by atoms with E-state index in [4.69, 9.17) is 9.84 Å². The van der Waals surface area contributed by atoms with Crippen LogP contribution in [0.1, 0.15) is 11.1 Å². The Kier molecular flexibility index (Phi) is 5.20. The largest absolute Gasteiger partial charge is 0.478 e. The minimum absolute atomic E-state index is 0.586. The summed E-state index contributed by atoms with van der Waals surface area (Å²) >= 11 is 6.80. The first-order chi connectivity index (χ1) is 9.95. The summed E-state index contributed by atoms with van der Waals surface area (Å²) in [4.78, 5) is 10.7. The molecule has 0 saturated heterocycles. The average Bonchev–Trinajstić information content (AvgIpc) is 2.42. The topological polar surface area (TPSA) is 46.5 Å². The van der Waals surface area contributed by atoms with E-state index < -0.39 is 5.97 Å². The first-order valence-electron chi connectivity index (χ1n) is 6.10. The summed E-state index contributed by atoms with van der Waals surface area (Å²) in [5.74, 6) is 0.304. The molecule has 21 heavy (non-hydrogen) atoms. The van der Waals surface area contributed by atoms with Gasteiger partial charge in [-0.25, -0.2) is 4.79 Å². The smallest absolute Gasteiger partial charge is 0.328 e. The first kappa shape index (κ1) is 15.8. The third-order valence-corrected chi connectivity index (χ3v) is 3.74. The molecule has 2 rings (SSSR count). The Morgan fingerprint density at radius 1 is 1.10 bits per heavy atom. The van der Waals surface area contributed by atoms with Crippen molar-refractivity contribution in [1.29, 1.82) is 0 Å². The van der Waals surface area contributed by atoms with Crippen molar-refractivity contribution in [3.8, 4) is 11.5 Å². The quantitative estimate of drug-likeness (QED) is 0.684. The van der Waals surface area contributed by atoms with Crippen molar-refractivity contribution in [3.63, 3.8) is 0 Å². The third-order valence-electron chi connectivity index (χ3n) is 2.75. The first-order valence-corrected chi connectivity index (χ1v) is 7.69. The summed E-state index contributed by atoms with van der Waals surface area (Å²) in [6, 6.07) is 11.2. The van der Waals surface area contributed by atoms with Gasteiger partial charge in [0.2, 0.25) is 0 Å². The molecule has 0 radical (unpaired) electrons. The Labute approximate surface area is 139 Å². The van der Waals surface area contributed by atoms with E-state index in [1.165, 1.54) is 6.08 Å². The molecule has 1 N–H and O–H groups in total. The normalized spacial score (nSPS) is 10.8. The number of benzene rings is 2. The second-order valence-electron chi connectivity index (χ2n) is 4.37. The number of hydrogen-bond donors (Lipinski definition) is 1. The van der Waals surface area contributed by atoms with Gasteiger partial charge in [0.05, 0.1) is 0 Å². The lowest BCUT2D eigenvalue weighted by molar-refractivity contribution is -0.131. The molecule has 0 heterocycles. The zero-order valence-electron chi connectivity index (χ0n) is 11.1. The molecule has 5 heteroatoms. The van der Waals surface area contributed by atoms with Crippen LogP contribution in [0.2, 0.25) is 0 Å². The van der Waals surface area contributed by atoms with Crippen molar-refractivity contribution < 1.29 is 14.6 Å². The summed E-state index contributed by atoms with van der Waals surface area (Å²) in [5.41, 5.74) is 1.69. The summed E-state index contributed by atoms with van der Waals surface area (Å²) in [6.07, 6.45) is 2.60. The van der Waals surface area contributed by atoms with Crippen molar-refractivity contribution in [2.75, 3.05) is 0 Å². The number of halogens is 2. The van der Waals surface area contributed by atoms with Gasteiger partial charge in [0.1, 0.15) is 11.5 Å². The van der Waals surface area contributed by atoms with Gasteiger partial charge in [-0.1, -0.05) is 44.0 Å². The van der Waals surface area contributed by atoms with Gasteiger partial charge >= 0.3 is 5.97 Å². The molecule has 0 fully saturated rings. The van der Waals surface area contributed by atoms with E-state index >= 15 is 0 Å². The van der Waals surface area contributed by atoms with Crippen LogP contribution in [0.5, 0.6) is 11.5 Å². The minimum atomic E-state index is -0.998. The maximum Gasteiger partial charge on any atom is 0.328 e. The lowest BCUT2D eigenvalue weighted by Crippen LogP contribution is -1.92. The van der Waals surface area contributed by atoms with E-state index in [0.29, 0.717) is 17.1 Å². The van der Waals surface area contributed by atoms with Crippen molar-refractivity contribution in [2.24, 2.45) is 0 Å². The zero-order chi connectivity index (χ0) is 15.4. The van der Waals surface area contributed by atoms with Crippen LogP contribution in [0, 0.1) is 6.92 Å². The molecule has 0 atom stereocenters. The fourth-order valence-electron chi connectivity index (χ4n) is 1.70. The van der Waals surface area contributed by atoms with E-state index in [-0.39, 0.29) is 0 Å². The molecule has 0 aliphatic rings. The monoisotopic (exact) mass is 410 g/mol. The van der Waals surface area contributed by atoms with Gasteiger partial charge in [0.15, 0.2) is 0 Å². The summed E-state index contributed by atoms with van der Waals surface area (Å²) < 4.78 is 7.71. The molecule has 2 aromatic rings. The van der Waals surface area contributed by atoms with Crippen molar-refractivity contribution >= 4 is 43.9 Å². The van der Waals surface area contributed by atoms with Crippen molar-refractivity contribution in [2.45, 2.75) is 6.92 Å². The summed E-state index contributed by atoms with van der Waals surface area (Å²) in [6.45, 7) is 1.95. The Morgan fingerprint density at radius 2 is 1.71 bits per heavy atom. The number of aryl methyl sites for hydroxylation is 1. The van der Waals surface area contributed by atoms with E-state index in [9.17, 15) is 4.79 Å². The molecule has 0 saturated carbocycles. The highest BCUT2D eigenvalue weighted by molar-refractivity contribution is 9.10. The Hall–Kier alpha value is -1.59. The van der Waals surface area contributed by atoms with Crippen LogP contribution < -0.4 is 4.74 Å². The SMILES string of the molecule is Cc1ccc(Br)cc1Oc1cc(Br)ccc1/C=C/C(=O)O. The Morgan fingerprint density at radius 3 is 2.38 bits per heavy atom. The lowest BCUT2D eigenvalue weighted by atomic mass is 10.1. The number of carboxylic acids is 1. The number of ether oxygens (including phenoxy) is 1. The van der Waals surface area contributed by atoms with Gasteiger partial charge in [-0.15, -0.1) is 0 Å². The third kappa shape index (κ3) is 4.44. The Balaban J connectivity index is 2.40. The Bertz CT molecular complexity index is 709. The standard InChI is InChI=1S/C16H12Br2O3/c1-10-2-5-12(17)8-14(10)21-15-9-13(18)6-3-11(15)4-7-16(19)20/h2-9H,1H3,(H,19,20)/b7-4+. The molecule has 2 aromatic carbocycles. The number of hydrogen-bond acceptors (Lipinski definition) is 2. The zero-order valence-corrected chi connectivity index (χ0v) is 14.3. The molecule has 0 amide bonds. The van der Waals surface area contributed by atoms with E-state index in [1.54, 1.807) is 6.07 Å².